The van der Waals surface area contributed by atoms with Gasteiger partial charge in [0, 0.05) is 41.8 Å². The van der Waals surface area contributed by atoms with Gasteiger partial charge in [-0.2, -0.15) is 0 Å². The Morgan fingerprint density at radius 3 is 2.44 bits per heavy atom. The van der Waals surface area contributed by atoms with Gasteiger partial charge in [0.2, 0.25) is 5.91 Å². The lowest BCUT2D eigenvalue weighted by molar-refractivity contribution is -0.116. The summed E-state index contributed by atoms with van der Waals surface area (Å²) in [5, 5.41) is 6.12. The monoisotopic (exact) mass is 433 g/mol. The van der Waals surface area contributed by atoms with Crippen LogP contribution in [0, 0.1) is 20.8 Å². The van der Waals surface area contributed by atoms with Gasteiger partial charge in [-0.3, -0.25) is 14.2 Å². The molecule has 3 aromatic rings. The summed E-state index contributed by atoms with van der Waals surface area (Å²) in [6.07, 6.45) is 3.78. The minimum atomic E-state index is -0.292. The third kappa shape index (κ3) is 4.93. The smallest absolute Gasteiger partial charge is 0.256 e. The van der Waals surface area contributed by atoms with Crippen molar-refractivity contribution < 1.29 is 4.79 Å². The number of aryl methyl sites for hydroxylation is 2. The van der Waals surface area contributed by atoms with Gasteiger partial charge in [-0.05, 0) is 57.9 Å². The van der Waals surface area contributed by atoms with E-state index in [1.54, 1.807) is 26.0 Å². The van der Waals surface area contributed by atoms with E-state index in [-0.39, 0.29) is 18.0 Å². The van der Waals surface area contributed by atoms with Gasteiger partial charge in [0.05, 0.1) is 6.33 Å². The molecule has 32 heavy (non-hydrogen) atoms. The average Bonchev–Trinajstić information content (AvgIpc) is 3.30. The molecule has 0 unspecified atom stereocenters. The number of rotatable bonds is 6. The van der Waals surface area contributed by atoms with Gasteiger partial charge >= 0.3 is 0 Å². The first kappa shape index (κ1) is 21.5. The van der Waals surface area contributed by atoms with Gasteiger partial charge in [0.25, 0.3) is 5.56 Å². The van der Waals surface area contributed by atoms with Crippen molar-refractivity contribution in [1.82, 2.24) is 19.5 Å². The quantitative estimate of drug-likeness (QED) is 0.616. The summed E-state index contributed by atoms with van der Waals surface area (Å²) >= 11 is 0. The summed E-state index contributed by atoms with van der Waals surface area (Å²) in [4.78, 5) is 40.1. The molecule has 0 saturated carbocycles. The Balaban J connectivity index is 1.40. The number of carbonyl (C=O) groups is 1. The first-order valence-corrected chi connectivity index (χ1v) is 10.7. The summed E-state index contributed by atoms with van der Waals surface area (Å²) in [6.45, 7) is 7.32. The fraction of sp³-hybridized carbons (Fsp3) is 0.348. The van der Waals surface area contributed by atoms with E-state index in [0.29, 0.717) is 16.9 Å². The van der Waals surface area contributed by atoms with E-state index in [2.05, 4.69) is 30.5 Å². The number of hydrogen-bond donors (Lipinski definition) is 2. The van der Waals surface area contributed by atoms with Crippen LogP contribution in [0.4, 0.5) is 23.0 Å². The number of anilines is 4. The average molecular weight is 434 g/mol. The lowest BCUT2D eigenvalue weighted by Gasteiger charge is -2.18. The van der Waals surface area contributed by atoms with Crippen LogP contribution in [0.2, 0.25) is 0 Å². The lowest BCUT2D eigenvalue weighted by atomic mass is 10.2. The second kappa shape index (κ2) is 9.17. The zero-order valence-corrected chi connectivity index (χ0v) is 18.6. The normalized spacial score (nSPS) is 13.3. The highest BCUT2D eigenvalue weighted by Crippen LogP contribution is 2.23. The van der Waals surface area contributed by atoms with E-state index in [1.807, 2.05) is 25.1 Å². The van der Waals surface area contributed by atoms with Crippen molar-refractivity contribution in [2.45, 2.75) is 40.2 Å². The van der Waals surface area contributed by atoms with Gasteiger partial charge in [-0.15, -0.1) is 0 Å². The molecule has 2 N–H and O–H groups in total. The maximum atomic E-state index is 12.4. The maximum absolute atomic E-state index is 12.4. The fourth-order valence-corrected chi connectivity index (χ4v) is 3.65. The van der Waals surface area contributed by atoms with E-state index in [1.165, 1.54) is 23.7 Å². The predicted molar refractivity (Wildman–Crippen MR) is 125 cm³/mol. The summed E-state index contributed by atoms with van der Waals surface area (Å²) in [7, 11) is 0. The van der Waals surface area contributed by atoms with Crippen LogP contribution in [0.1, 0.15) is 29.9 Å². The first-order valence-electron chi connectivity index (χ1n) is 10.7. The molecule has 0 aliphatic carbocycles. The summed E-state index contributed by atoms with van der Waals surface area (Å²) in [5.41, 5.74) is 2.50. The van der Waals surface area contributed by atoms with Crippen LogP contribution in [0.15, 0.2) is 41.5 Å². The number of aromatic nitrogens is 4. The van der Waals surface area contributed by atoms with E-state index in [9.17, 15) is 9.59 Å². The Morgan fingerprint density at radius 2 is 1.72 bits per heavy atom. The number of hydrogen-bond acceptors (Lipinski definition) is 7. The molecule has 166 valence electrons. The molecule has 0 spiro atoms. The standard InChI is InChI=1S/C23H27N7O2/c1-15-16(2)24-14-30(23(15)32)13-22(31)28-19-8-6-18(7-9-19)27-20-12-21(26-17(3)25-20)29-10-4-5-11-29/h6-9,12,14H,4-5,10-11,13H2,1-3H3,(H,28,31)(H,25,26,27). The van der Waals surface area contributed by atoms with Gasteiger partial charge < -0.3 is 15.5 Å². The Kier molecular flexibility index (Phi) is 6.16. The molecule has 1 aliphatic rings. The SMILES string of the molecule is Cc1nc(Nc2ccc(NC(=O)Cn3cnc(C)c(C)c3=O)cc2)cc(N2CCCC2)n1. The van der Waals surface area contributed by atoms with E-state index in [4.69, 9.17) is 0 Å². The van der Waals surface area contributed by atoms with Crippen LogP contribution in [0.5, 0.6) is 0 Å². The molecule has 3 heterocycles. The number of amides is 1. The third-order valence-corrected chi connectivity index (χ3v) is 5.52. The zero-order valence-electron chi connectivity index (χ0n) is 18.6. The molecule has 1 amide bonds. The Bertz CT molecular complexity index is 1180. The molecule has 9 heteroatoms. The Hall–Kier alpha value is -3.75. The van der Waals surface area contributed by atoms with Crippen molar-refractivity contribution in [1.29, 1.82) is 0 Å². The molecule has 1 aromatic carbocycles. The number of carbonyl (C=O) groups excluding carboxylic acids is 1. The molecule has 0 atom stereocenters. The molecule has 2 aromatic heterocycles. The van der Waals surface area contributed by atoms with Crippen molar-refractivity contribution >= 4 is 28.9 Å². The van der Waals surface area contributed by atoms with Crippen molar-refractivity contribution in [2.24, 2.45) is 0 Å². The van der Waals surface area contributed by atoms with Crippen molar-refractivity contribution in [3.8, 4) is 0 Å². The van der Waals surface area contributed by atoms with Gasteiger partial charge in [0.1, 0.15) is 24.0 Å². The number of benzene rings is 1. The van der Waals surface area contributed by atoms with Gasteiger partial charge in [-0.1, -0.05) is 0 Å². The highest BCUT2D eigenvalue weighted by molar-refractivity contribution is 5.90. The lowest BCUT2D eigenvalue weighted by Crippen LogP contribution is -2.29. The number of nitrogens with one attached hydrogen (secondary N) is 2. The second-order valence-electron chi connectivity index (χ2n) is 7.99. The van der Waals surface area contributed by atoms with Crippen LogP contribution >= 0.6 is 0 Å². The summed E-state index contributed by atoms with van der Waals surface area (Å²) in [5.74, 6) is 2.10. The summed E-state index contributed by atoms with van der Waals surface area (Å²) < 4.78 is 1.31. The summed E-state index contributed by atoms with van der Waals surface area (Å²) in [6, 6.07) is 9.30. The van der Waals surface area contributed by atoms with Crippen LogP contribution in [-0.2, 0) is 11.3 Å². The topological polar surface area (TPSA) is 105 Å². The van der Waals surface area contributed by atoms with Crippen molar-refractivity contribution in [3.05, 3.63) is 64.1 Å². The predicted octanol–water partition coefficient (Wildman–Crippen LogP) is 2.94. The van der Waals surface area contributed by atoms with Gasteiger partial charge in [-0.25, -0.2) is 15.0 Å². The van der Waals surface area contributed by atoms with Crippen LogP contribution < -0.4 is 21.1 Å². The molecule has 0 radical (unpaired) electrons. The first-order chi connectivity index (χ1) is 15.4. The molecule has 1 saturated heterocycles. The minimum Gasteiger partial charge on any atom is -0.356 e. The maximum Gasteiger partial charge on any atom is 0.256 e. The van der Waals surface area contributed by atoms with Crippen molar-refractivity contribution in [2.75, 3.05) is 28.6 Å². The number of nitrogens with zero attached hydrogens (tertiary/aromatic N) is 5. The fourth-order valence-electron chi connectivity index (χ4n) is 3.65. The van der Waals surface area contributed by atoms with Gasteiger partial charge in [0.15, 0.2) is 0 Å². The molecule has 1 aliphatic heterocycles. The highest BCUT2D eigenvalue weighted by Gasteiger charge is 2.15. The molecule has 4 rings (SSSR count). The van der Waals surface area contributed by atoms with E-state index < -0.39 is 0 Å². The van der Waals surface area contributed by atoms with Crippen LogP contribution in [0.3, 0.4) is 0 Å². The van der Waals surface area contributed by atoms with Crippen LogP contribution in [-0.4, -0.2) is 38.5 Å². The highest BCUT2D eigenvalue weighted by atomic mass is 16.2. The largest absolute Gasteiger partial charge is 0.356 e. The van der Waals surface area contributed by atoms with Crippen LogP contribution in [0.25, 0.3) is 0 Å². The minimum absolute atomic E-state index is 0.0908. The van der Waals surface area contributed by atoms with E-state index in [0.717, 1.165) is 36.2 Å². The Labute approximate surface area is 186 Å². The molecular formula is C23H27N7O2. The van der Waals surface area contributed by atoms with Crippen molar-refractivity contribution in [3.63, 3.8) is 0 Å². The Morgan fingerprint density at radius 1 is 1.03 bits per heavy atom. The zero-order chi connectivity index (χ0) is 22.7. The molecular weight excluding hydrogens is 406 g/mol. The molecule has 1 fully saturated rings. The molecule has 0 bridgehead atoms. The van der Waals surface area contributed by atoms with E-state index >= 15 is 0 Å². The second-order valence-corrected chi connectivity index (χ2v) is 7.99. The third-order valence-electron chi connectivity index (χ3n) is 5.52. The molecule has 9 nitrogen and oxygen atoms in total.